The van der Waals surface area contributed by atoms with Gasteiger partial charge in [-0.1, -0.05) is 15.9 Å². The van der Waals surface area contributed by atoms with Gasteiger partial charge in [0.2, 0.25) is 0 Å². The molecule has 0 atom stereocenters. The van der Waals surface area contributed by atoms with E-state index < -0.39 is 0 Å². The van der Waals surface area contributed by atoms with Crippen LogP contribution in [0.2, 0.25) is 0 Å². The summed E-state index contributed by atoms with van der Waals surface area (Å²) in [5.41, 5.74) is 1.14. The van der Waals surface area contributed by atoms with Gasteiger partial charge in [-0.3, -0.25) is 0 Å². The molecule has 2 aromatic heterocycles. The Morgan fingerprint density at radius 2 is 2.14 bits per heavy atom. The first-order chi connectivity index (χ1) is 6.75. The monoisotopic (exact) mass is 314 g/mol. The molecule has 72 valence electrons. The molecular formula is C10H8Br2N2. The lowest BCUT2D eigenvalue weighted by atomic mass is 10.4. The maximum Gasteiger partial charge on any atom is 0.132 e. The Bertz CT molecular complexity index is 500. The van der Waals surface area contributed by atoms with E-state index in [4.69, 9.17) is 0 Å². The third-order valence-corrected chi connectivity index (χ3v) is 3.61. The van der Waals surface area contributed by atoms with Crippen LogP contribution >= 0.6 is 31.9 Å². The van der Waals surface area contributed by atoms with Crippen LogP contribution in [-0.4, -0.2) is 9.38 Å². The molecule has 0 radical (unpaired) electrons. The van der Waals surface area contributed by atoms with E-state index in [1.54, 1.807) is 0 Å². The number of hydrogen-bond donors (Lipinski definition) is 0. The van der Waals surface area contributed by atoms with Crippen LogP contribution in [0.5, 0.6) is 0 Å². The van der Waals surface area contributed by atoms with Crippen LogP contribution in [0.4, 0.5) is 0 Å². The number of rotatable bonds is 1. The van der Waals surface area contributed by atoms with Crippen LogP contribution in [0.25, 0.3) is 5.52 Å². The van der Waals surface area contributed by atoms with Gasteiger partial charge in [-0.15, -0.1) is 0 Å². The molecule has 0 unspecified atom stereocenters. The number of hydrogen-bond acceptors (Lipinski definition) is 1. The van der Waals surface area contributed by atoms with E-state index in [-0.39, 0.29) is 0 Å². The maximum absolute atomic E-state index is 4.55. The predicted octanol–water partition coefficient (Wildman–Crippen LogP) is 3.74. The highest BCUT2D eigenvalue weighted by molar-refractivity contribution is 9.11. The molecule has 1 aliphatic rings. The van der Waals surface area contributed by atoms with Crippen LogP contribution in [0.1, 0.15) is 24.6 Å². The smallest absolute Gasteiger partial charge is 0.132 e. The fraction of sp³-hybridized carbons (Fsp3) is 0.300. The van der Waals surface area contributed by atoms with Crippen LogP contribution in [0, 0.1) is 0 Å². The van der Waals surface area contributed by atoms with Crippen LogP contribution in [0.3, 0.4) is 0 Å². The second-order valence-electron chi connectivity index (χ2n) is 3.64. The number of imidazole rings is 1. The molecule has 0 amide bonds. The van der Waals surface area contributed by atoms with Gasteiger partial charge in [0.25, 0.3) is 0 Å². The first-order valence-electron chi connectivity index (χ1n) is 4.59. The molecule has 3 rings (SSSR count). The van der Waals surface area contributed by atoms with Gasteiger partial charge in [-0.25, -0.2) is 4.98 Å². The van der Waals surface area contributed by atoms with Gasteiger partial charge < -0.3 is 4.40 Å². The van der Waals surface area contributed by atoms with Crippen molar-refractivity contribution in [1.82, 2.24) is 9.38 Å². The summed E-state index contributed by atoms with van der Waals surface area (Å²) in [5.74, 6) is 1.87. The molecule has 2 heterocycles. The van der Waals surface area contributed by atoms with Crippen LogP contribution in [0.15, 0.2) is 27.4 Å². The Morgan fingerprint density at radius 3 is 2.86 bits per heavy atom. The fourth-order valence-corrected chi connectivity index (χ4v) is 2.50. The van der Waals surface area contributed by atoms with Crippen molar-refractivity contribution in [1.29, 1.82) is 0 Å². The predicted molar refractivity (Wildman–Crippen MR) is 62.6 cm³/mol. The normalized spacial score (nSPS) is 16.4. The summed E-state index contributed by atoms with van der Waals surface area (Å²) in [6, 6.07) is 4.13. The topological polar surface area (TPSA) is 17.3 Å². The molecule has 0 aliphatic heterocycles. The molecule has 0 spiro atoms. The SMILES string of the molecule is Brc1ccn2c(C3CC3)nc(Br)c2c1. The highest BCUT2D eigenvalue weighted by atomic mass is 79.9. The van der Waals surface area contributed by atoms with Gasteiger partial charge >= 0.3 is 0 Å². The van der Waals surface area contributed by atoms with Gasteiger partial charge in [0.05, 0.1) is 5.52 Å². The highest BCUT2D eigenvalue weighted by Gasteiger charge is 2.28. The van der Waals surface area contributed by atoms with Crippen molar-refractivity contribution < 1.29 is 0 Å². The third kappa shape index (κ3) is 1.32. The van der Waals surface area contributed by atoms with Gasteiger partial charge in [-0.05, 0) is 40.9 Å². The van der Waals surface area contributed by atoms with Gasteiger partial charge in [0, 0.05) is 16.6 Å². The lowest BCUT2D eigenvalue weighted by molar-refractivity contribution is 0.918. The third-order valence-electron chi connectivity index (χ3n) is 2.53. The van der Waals surface area contributed by atoms with Crippen molar-refractivity contribution in [3.63, 3.8) is 0 Å². The minimum Gasteiger partial charge on any atom is -0.302 e. The minimum atomic E-state index is 0.676. The molecule has 0 saturated heterocycles. The Balaban J connectivity index is 2.32. The van der Waals surface area contributed by atoms with Gasteiger partial charge in [-0.2, -0.15) is 0 Å². The van der Waals surface area contributed by atoms with Crippen molar-refractivity contribution >= 4 is 37.4 Å². The first kappa shape index (κ1) is 8.92. The summed E-state index contributed by atoms with van der Waals surface area (Å²) in [4.78, 5) is 4.55. The summed E-state index contributed by atoms with van der Waals surface area (Å²) in [6.07, 6.45) is 4.63. The highest BCUT2D eigenvalue weighted by Crippen LogP contribution is 2.40. The molecule has 14 heavy (non-hydrogen) atoms. The number of pyridine rings is 1. The average Bonchev–Trinajstić information content (AvgIpc) is 2.94. The molecule has 4 heteroatoms. The summed E-state index contributed by atoms with van der Waals surface area (Å²) >= 11 is 6.96. The van der Waals surface area contributed by atoms with E-state index in [2.05, 4.69) is 53.5 Å². The van der Waals surface area contributed by atoms with Crippen molar-refractivity contribution in [2.45, 2.75) is 18.8 Å². The summed E-state index contributed by atoms with van der Waals surface area (Å²) in [5, 5.41) is 0. The second-order valence-corrected chi connectivity index (χ2v) is 5.30. The van der Waals surface area contributed by atoms with Crippen LogP contribution < -0.4 is 0 Å². The van der Waals surface area contributed by atoms with E-state index in [1.807, 2.05) is 6.07 Å². The fourth-order valence-electron chi connectivity index (χ4n) is 1.67. The zero-order valence-corrected chi connectivity index (χ0v) is 10.5. The average molecular weight is 316 g/mol. The lowest BCUT2D eigenvalue weighted by Gasteiger charge is -1.98. The van der Waals surface area contributed by atoms with E-state index in [1.165, 1.54) is 18.7 Å². The Hall–Kier alpha value is -0.350. The van der Waals surface area contributed by atoms with E-state index in [0.29, 0.717) is 5.92 Å². The second kappa shape index (κ2) is 3.07. The van der Waals surface area contributed by atoms with Crippen molar-refractivity contribution in [2.75, 3.05) is 0 Å². The molecule has 0 bridgehead atoms. The van der Waals surface area contributed by atoms with E-state index in [0.717, 1.165) is 14.6 Å². The zero-order valence-electron chi connectivity index (χ0n) is 7.37. The quantitative estimate of drug-likeness (QED) is 0.783. The van der Waals surface area contributed by atoms with Gasteiger partial charge in [0.15, 0.2) is 0 Å². The summed E-state index contributed by atoms with van der Waals surface area (Å²) in [6.45, 7) is 0. The zero-order chi connectivity index (χ0) is 9.71. The molecular weight excluding hydrogens is 308 g/mol. The van der Waals surface area contributed by atoms with Crippen LogP contribution in [-0.2, 0) is 0 Å². The number of halogens is 2. The molecule has 2 aromatic rings. The number of aromatic nitrogens is 2. The van der Waals surface area contributed by atoms with Gasteiger partial charge in [0.1, 0.15) is 10.4 Å². The number of nitrogens with zero attached hydrogens (tertiary/aromatic N) is 2. The largest absolute Gasteiger partial charge is 0.302 e. The number of fused-ring (bicyclic) bond motifs is 1. The van der Waals surface area contributed by atoms with Crippen molar-refractivity contribution in [3.05, 3.63) is 33.2 Å². The Labute approximate surface area is 98.6 Å². The lowest BCUT2D eigenvalue weighted by Crippen LogP contribution is -1.90. The summed E-state index contributed by atoms with van der Waals surface area (Å²) in [7, 11) is 0. The summed E-state index contributed by atoms with van der Waals surface area (Å²) < 4.78 is 4.21. The molecule has 0 aromatic carbocycles. The van der Waals surface area contributed by atoms with Crippen molar-refractivity contribution in [2.24, 2.45) is 0 Å². The molecule has 1 aliphatic carbocycles. The van der Waals surface area contributed by atoms with E-state index >= 15 is 0 Å². The molecule has 1 saturated carbocycles. The molecule has 2 nitrogen and oxygen atoms in total. The Kier molecular flexibility index (Phi) is 1.96. The molecule has 0 N–H and O–H groups in total. The maximum atomic E-state index is 4.55. The Morgan fingerprint density at radius 1 is 1.36 bits per heavy atom. The van der Waals surface area contributed by atoms with E-state index in [9.17, 15) is 0 Å². The molecule has 1 fully saturated rings. The standard InChI is InChI=1S/C10H8Br2N2/c11-7-3-4-14-8(5-7)9(12)13-10(14)6-1-2-6/h3-6H,1-2H2. The first-order valence-corrected chi connectivity index (χ1v) is 6.17. The minimum absolute atomic E-state index is 0.676. The van der Waals surface area contributed by atoms with Crippen molar-refractivity contribution in [3.8, 4) is 0 Å².